The van der Waals surface area contributed by atoms with Gasteiger partial charge in [0.05, 0.1) is 12.2 Å². The number of rotatable bonds is 7. The van der Waals surface area contributed by atoms with E-state index in [-0.39, 0.29) is 6.29 Å². The van der Waals surface area contributed by atoms with E-state index in [0.717, 1.165) is 5.69 Å². The molecule has 0 amide bonds. The molecule has 0 bridgehead atoms. The highest BCUT2D eigenvalue weighted by molar-refractivity contribution is 5.77. The third-order valence-electron chi connectivity index (χ3n) is 2.17. The Kier molecular flexibility index (Phi) is 5.82. The molecule has 1 aromatic rings. The lowest BCUT2D eigenvalue weighted by atomic mass is 10.4. The van der Waals surface area contributed by atoms with Gasteiger partial charge < -0.3 is 14.0 Å². The largest absolute Gasteiger partial charge is 0.351 e. The van der Waals surface area contributed by atoms with Gasteiger partial charge in [0.25, 0.3) is 0 Å². The van der Waals surface area contributed by atoms with E-state index >= 15 is 0 Å². The van der Waals surface area contributed by atoms with Gasteiger partial charge in [0.2, 0.25) is 0 Å². The van der Waals surface area contributed by atoms with E-state index in [4.69, 9.17) is 9.47 Å². The van der Waals surface area contributed by atoms with Gasteiger partial charge in [0.1, 0.15) is 0 Å². The van der Waals surface area contributed by atoms with Crippen LogP contribution in [0.1, 0.15) is 19.5 Å². The molecule has 1 rings (SSSR count). The van der Waals surface area contributed by atoms with Gasteiger partial charge in [0, 0.05) is 32.7 Å². The van der Waals surface area contributed by atoms with Crippen molar-refractivity contribution in [2.75, 3.05) is 19.8 Å². The maximum atomic E-state index is 5.39. The average molecular weight is 224 g/mol. The minimum Gasteiger partial charge on any atom is -0.351 e. The number of aromatic nitrogens is 1. The average Bonchev–Trinajstić information content (AvgIpc) is 2.65. The van der Waals surface area contributed by atoms with Crippen molar-refractivity contribution in [1.29, 1.82) is 0 Å². The zero-order chi connectivity index (χ0) is 11.8. The molecule has 1 aromatic heterocycles. The summed E-state index contributed by atoms with van der Waals surface area (Å²) in [5.41, 5.74) is 1.08. The predicted octanol–water partition coefficient (Wildman–Crippen LogP) is 1.84. The molecule has 0 saturated heterocycles. The summed E-state index contributed by atoms with van der Waals surface area (Å²) in [7, 11) is 1.99. The molecule has 0 aromatic carbocycles. The summed E-state index contributed by atoms with van der Waals surface area (Å²) in [6.07, 6.45) is 3.60. The highest BCUT2D eigenvalue weighted by atomic mass is 16.7. The van der Waals surface area contributed by atoms with Crippen molar-refractivity contribution >= 4 is 6.21 Å². The Bertz CT molecular complexity index is 315. The van der Waals surface area contributed by atoms with Crippen LogP contribution in [0.15, 0.2) is 23.3 Å². The molecule has 0 saturated carbocycles. The van der Waals surface area contributed by atoms with Gasteiger partial charge in [-0.1, -0.05) is 0 Å². The van der Waals surface area contributed by atoms with Crippen molar-refractivity contribution in [3.05, 3.63) is 24.0 Å². The van der Waals surface area contributed by atoms with Crippen LogP contribution in [0.5, 0.6) is 0 Å². The van der Waals surface area contributed by atoms with Crippen molar-refractivity contribution in [1.82, 2.24) is 4.57 Å². The summed E-state index contributed by atoms with van der Waals surface area (Å²) in [6, 6.07) is 4.00. The quantitative estimate of drug-likeness (QED) is 0.523. The zero-order valence-corrected chi connectivity index (χ0v) is 10.2. The highest BCUT2D eigenvalue weighted by Crippen LogP contribution is 1.98. The molecule has 0 unspecified atom stereocenters. The molecule has 16 heavy (non-hydrogen) atoms. The van der Waals surface area contributed by atoms with Crippen LogP contribution in [0.25, 0.3) is 0 Å². The molecule has 0 aliphatic rings. The molecule has 1 heterocycles. The van der Waals surface area contributed by atoms with E-state index in [1.807, 2.05) is 50.0 Å². The Morgan fingerprint density at radius 2 is 2.06 bits per heavy atom. The molecular weight excluding hydrogens is 204 g/mol. The zero-order valence-electron chi connectivity index (χ0n) is 10.2. The van der Waals surface area contributed by atoms with Crippen LogP contribution in [0, 0.1) is 0 Å². The maximum absolute atomic E-state index is 5.39. The Morgan fingerprint density at radius 3 is 2.56 bits per heavy atom. The lowest BCUT2D eigenvalue weighted by Crippen LogP contribution is -2.20. The number of aryl methyl sites for hydroxylation is 1. The lowest BCUT2D eigenvalue weighted by molar-refractivity contribution is -0.128. The minimum absolute atomic E-state index is 0.230. The van der Waals surface area contributed by atoms with Crippen molar-refractivity contribution in [3.63, 3.8) is 0 Å². The van der Waals surface area contributed by atoms with Crippen LogP contribution in [0.4, 0.5) is 0 Å². The van der Waals surface area contributed by atoms with E-state index in [2.05, 4.69) is 4.99 Å². The van der Waals surface area contributed by atoms with E-state index in [9.17, 15) is 0 Å². The van der Waals surface area contributed by atoms with Crippen LogP contribution < -0.4 is 0 Å². The number of aliphatic imine (C=N–C) groups is 1. The van der Waals surface area contributed by atoms with Crippen molar-refractivity contribution in [2.45, 2.75) is 20.1 Å². The maximum Gasteiger partial charge on any atom is 0.176 e. The minimum atomic E-state index is -0.230. The van der Waals surface area contributed by atoms with Crippen molar-refractivity contribution in [2.24, 2.45) is 12.0 Å². The van der Waals surface area contributed by atoms with Gasteiger partial charge in [-0.25, -0.2) is 0 Å². The summed E-state index contributed by atoms with van der Waals surface area (Å²) in [6.45, 7) is 5.72. The van der Waals surface area contributed by atoms with Gasteiger partial charge in [0.15, 0.2) is 6.29 Å². The molecule has 4 heteroatoms. The monoisotopic (exact) mass is 224 g/mol. The Balaban J connectivity index is 2.42. The summed E-state index contributed by atoms with van der Waals surface area (Å²) in [5.74, 6) is 0. The number of hydrogen-bond acceptors (Lipinski definition) is 3. The number of hydrogen-bond donors (Lipinski definition) is 0. The summed E-state index contributed by atoms with van der Waals surface area (Å²) in [4.78, 5) is 4.32. The second-order valence-electron chi connectivity index (χ2n) is 3.38. The topological polar surface area (TPSA) is 35.8 Å². The first-order chi connectivity index (χ1) is 7.77. The van der Waals surface area contributed by atoms with E-state index in [0.29, 0.717) is 19.8 Å². The molecule has 0 atom stereocenters. The normalized spacial score (nSPS) is 11.8. The van der Waals surface area contributed by atoms with Gasteiger partial charge in [-0.05, 0) is 26.0 Å². The van der Waals surface area contributed by atoms with Gasteiger partial charge in [-0.15, -0.1) is 0 Å². The molecule has 0 aliphatic heterocycles. The first-order valence-corrected chi connectivity index (χ1v) is 5.62. The summed E-state index contributed by atoms with van der Waals surface area (Å²) >= 11 is 0. The van der Waals surface area contributed by atoms with Crippen LogP contribution in [-0.4, -0.2) is 36.8 Å². The predicted molar refractivity (Wildman–Crippen MR) is 64.9 cm³/mol. The standard InChI is InChI=1S/C12H20N2O2/c1-4-15-12(16-5-2)10-13-9-11-7-6-8-14(11)3/h6-9,12H,4-5,10H2,1-3H3. The van der Waals surface area contributed by atoms with Gasteiger partial charge in [-0.3, -0.25) is 4.99 Å². The van der Waals surface area contributed by atoms with Crippen LogP contribution in [0.2, 0.25) is 0 Å². The fourth-order valence-electron chi connectivity index (χ4n) is 1.37. The molecule has 4 nitrogen and oxygen atoms in total. The Labute approximate surface area is 96.9 Å². The molecule has 0 N–H and O–H groups in total. The number of nitrogens with zero attached hydrogens (tertiary/aromatic N) is 2. The molecule has 90 valence electrons. The van der Waals surface area contributed by atoms with Crippen molar-refractivity contribution in [3.8, 4) is 0 Å². The van der Waals surface area contributed by atoms with E-state index in [1.54, 1.807) is 0 Å². The second-order valence-corrected chi connectivity index (χ2v) is 3.38. The Morgan fingerprint density at radius 1 is 1.38 bits per heavy atom. The fourth-order valence-corrected chi connectivity index (χ4v) is 1.37. The van der Waals surface area contributed by atoms with Crippen molar-refractivity contribution < 1.29 is 9.47 Å². The molecule has 0 spiro atoms. The summed E-state index contributed by atoms with van der Waals surface area (Å²) in [5, 5.41) is 0. The molecule has 0 radical (unpaired) electrons. The van der Waals surface area contributed by atoms with Gasteiger partial charge in [-0.2, -0.15) is 0 Å². The smallest absolute Gasteiger partial charge is 0.176 e. The highest BCUT2D eigenvalue weighted by Gasteiger charge is 2.05. The molecule has 0 aliphatic carbocycles. The fraction of sp³-hybridized carbons (Fsp3) is 0.583. The van der Waals surface area contributed by atoms with E-state index < -0.39 is 0 Å². The van der Waals surface area contributed by atoms with Gasteiger partial charge >= 0.3 is 0 Å². The first-order valence-electron chi connectivity index (χ1n) is 5.62. The Hall–Kier alpha value is -1.13. The number of ether oxygens (including phenoxy) is 2. The first kappa shape index (κ1) is 12.9. The molecule has 0 fully saturated rings. The summed E-state index contributed by atoms with van der Waals surface area (Å²) < 4.78 is 12.8. The lowest BCUT2D eigenvalue weighted by Gasteiger charge is -2.14. The third-order valence-corrected chi connectivity index (χ3v) is 2.17. The second kappa shape index (κ2) is 7.19. The van der Waals surface area contributed by atoms with Crippen LogP contribution in [0.3, 0.4) is 0 Å². The third kappa shape index (κ3) is 4.16. The SMILES string of the molecule is CCOC(CN=Cc1cccn1C)OCC. The van der Waals surface area contributed by atoms with Crippen LogP contribution in [-0.2, 0) is 16.5 Å². The molecular formula is C12H20N2O2. The van der Waals surface area contributed by atoms with Crippen LogP contribution >= 0.6 is 0 Å². The van der Waals surface area contributed by atoms with E-state index in [1.165, 1.54) is 0 Å².